The lowest BCUT2D eigenvalue weighted by atomic mass is 9.95. The number of carbonyl (C=O) groups excluding carboxylic acids is 4. The fraction of sp³-hybridized carbons (Fsp3) is 0.304. The molecule has 3 aliphatic heterocycles. The Morgan fingerprint density at radius 3 is 2.35 bits per heavy atom. The van der Waals surface area contributed by atoms with Gasteiger partial charge in [0.1, 0.15) is 22.4 Å². The molecule has 3 heterocycles. The van der Waals surface area contributed by atoms with Gasteiger partial charge in [-0.3, -0.25) is 19.2 Å². The normalized spacial score (nSPS) is 26.0. The second-order valence-corrected chi connectivity index (χ2v) is 12.4. The van der Waals surface area contributed by atoms with Gasteiger partial charge in [-0.05, 0) is 31.5 Å². The van der Waals surface area contributed by atoms with Crippen molar-refractivity contribution in [1.82, 2.24) is 14.5 Å². The first-order valence-electron chi connectivity index (χ1n) is 10.6. The van der Waals surface area contributed by atoms with E-state index >= 15 is 0 Å². The van der Waals surface area contributed by atoms with Crippen LogP contribution < -0.4 is 5.32 Å². The zero-order valence-electron chi connectivity index (χ0n) is 18.3. The van der Waals surface area contributed by atoms with Gasteiger partial charge in [0, 0.05) is 4.75 Å². The third-order valence-electron chi connectivity index (χ3n) is 6.22. The summed E-state index contributed by atoms with van der Waals surface area (Å²) in [6.07, 6.45) is 0.104. The van der Waals surface area contributed by atoms with Gasteiger partial charge in [0.2, 0.25) is 11.8 Å². The van der Waals surface area contributed by atoms with Crippen molar-refractivity contribution in [3.63, 3.8) is 0 Å². The predicted molar refractivity (Wildman–Crippen MR) is 123 cm³/mol. The fourth-order valence-electron chi connectivity index (χ4n) is 4.67. The predicted octanol–water partition coefficient (Wildman–Crippen LogP) is 1.15. The van der Waals surface area contributed by atoms with Crippen LogP contribution in [0.1, 0.15) is 29.8 Å². The Morgan fingerprint density at radius 2 is 1.68 bits per heavy atom. The van der Waals surface area contributed by atoms with Gasteiger partial charge >= 0.3 is 0 Å². The lowest BCUT2D eigenvalue weighted by molar-refractivity contribution is -0.156. The number of β-lactam (4-membered cyclic amide) rings is 1. The van der Waals surface area contributed by atoms with Crippen LogP contribution in [0.2, 0.25) is 0 Å². The molecule has 1 N–H and O–H groups in total. The van der Waals surface area contributed by atoms with Gasteiger partial charge in [0.05, 0.1) is 12.0 Å². The van der Waals surface area contributed by atoms with Crippen molar-refractivity contribution in [2.45, 2.75) is 47.4 Å². The average molecular weight is 500 g/mol. The number of sulfonamides is 1. The fourth-order valence-corrected chi connectivity index (χ4v) is 7.83. The zero-order chi connectivity index (χ0) is 24.4. The number of amides is 4. The highest BCUT2D eigenvalue weighted by molar-refractivity contribution is 8.01. The minimum Gasteiger partial charge on any atom is -0.341 e. The zero-order valence-corrected chi connectivity index (χ0v) is 19.9. The van der Waals surface area contributed by atoms with Gasteiger partial charge in [-0.25, -0.2) is 8.42 Å². The molecule has 2 fully saturated rings. The van der Waals surface area contributed by atoms with Gasteiger partial charge in [-0.15, -0.1) is 11.8 Å². The first-order valence-corrected chi connectivity index (χ1v) is 12.9. The van der Waals surface area contributed by atoms with Gasteiger partial charge in [0.25, 0.3) is 21.8 Å². The van der Waals surface area contributed by atoms with Crippen LogP contribution in [0, 0.1) is 0 Å². The monoisotopic (exact) mass is 499 g/mol. The van der Waals surface area contributed by atoms with Gasteiger partial charge in [-0.1, -0.05) is 42.5 Å². The number of imide groups is 1. The topological polar surface area (TPSA) is 121 Å². The van der Waals surface area contributed by atoms with Crippen LogP contribution in [0.15, 0.2) is 59.5 Å². The lowest BCUT2D eigenvalue weighted by Crippen LogP contribution is -2.71. The second kappa shape index (κ2) is 7.67. The molecule has 0 bridgehead atoms. The maximum atomic E-state index is 13.5. The summed E-state index contributed by atoms with van der Waals surface area (Å²) in [5.74, 6) is -2.70. The van der Waals surface area contributed by atoms with Crippen LogP contribution in [-0.4, -0.2) is 63.5 Å². The summed E-state index contributed by atoms with van der Waals surface area (Å²) in [4.78, 5) is 52.9. The molecule has 0 unspecified atom stereocenters. The summed E-state index contributed by atoms with van der Waals surface area (Å²) in [5.41, 5.74) is 0.727. The Labute approximate surface area is 200 Å². The van der Waals surface area contributed by atoms with Crippen LogP contribution in [-0.2, 0) is 30.8 Å². The van der Waals surface area contributed by atoms with Crippen molar-refractivity contribution < 1.29 is 27.6 Å². The molecule has 3 atom stereocenters. The molecule has 4 amide bonds. The largest absolute Gasteiger partial charge is 0.341 e. The van der Waals surface area contributed by atoms with Crippen molar-refractivity contribution in [3.05, 3.63) is 65.7 Å². The molecule has 176 valence electrons. The van der Waals surface area contributed by atoms with Crippen LogP contribution in [0.5, 0.6) is 0 Å². The molecule has 5 rings (SSSR count). The lowest BCUT2D eigenvalue weighted by Gasteiger charge is -2.44. The molecule has 0 spiro atoms. The first kappa shape index (κ1) is 22.6. The van der Waals surface area contributed by atoms with Crippen molar-refractivity contribution in [2.75, 3.05) is 0 Å². The number of nitrogens with one attached hydrogen (secondary N) is 1. The molecule has 9 nitrogen and oxygen atoms in total. The van der Waals surface area contributed by atoms with Crippen molar-refractivity contribution in [2.24, 2.45) is 0 Å². The van der Waals surface area contributed by atoms with Gasteiger partial charge < -0.3 is 10.2 Å². The van der Waals surface area contributed by atoms with Crippen molar-refractivity contribution in [3.8, 4) is 0 Å². The Balaban J connectivity index is 1.37. The minimum absolute atomic E-state index is 0.0724. The highest BCUT2D eigenvalue weighted by Crippen LogP contribution is 2.51. The standard InChI is InChI=1S/C23H21N3O6S2/c1-23(2)18(21(30)26-19(28)14-10-6-7-11-15(14)34(26,31)32)25-20(29)17(22(25)33-23)24-16(27)12-13-8-4-3-5-9-13/h3-11,17-18,22H,12H2,1-2H3,(H,24,27)/t17-,18+,22-/m1/s1. The number of thioether (sulfide) groups is 1. The maximum Gasteiger partial charge on any atom is 0.276 e. The number of benzene rings is 2. The average Bonchev–Trinajstić information content (AvgIpc) is 3.17. The molecule has 0 aliphatic carbocycles. The SMILES string of the molecule is CC1(C)S[C@@H]2[C@H](NC(=O)Cc3ccccc3)C(=O)N2[C@H]1C(=O)N1C(=O)c2ccccc2S1(=O)=O. The number of hydrogen-bond donors (Lipinski definition) is 1. The molecule has 0 saturated carbocycles. The van der Waals surface area contributed by atoms with Gasteiger partial charge in [0.15, 0.2) is 0 Å². The summed E-state index contributed by atoms with van der Waals surface area (Å²) < 4.78 is 25.4. The molecular formula is C23H21N3O6S2. The van der Waals surface area contributed by atoms with E-state index in [2.05, 4.69) is 5.32 Å². The quantitative estimate of drug-likeness (QED) is 0.495. The molecule has 0 radical (unpaired) electrons. The van der Waals surface area contributed by atoms with E-state index in [4.69, 9.17) is 0 Å². The van der Waals surface area contributed by atoms with E-state index < -0.39 is 49.9 Å². The molecule has 11 heteroatoms. The maximum absolute atomic E-state index is 13.5. The Morgan fingerprint density at radius 1 is 1.03 bits per heavy atom. The Bertz CT molecular complexity index is 1340. The van der Waals surface area contributed by atoms with E-state index in [0.717, 1.165) is 5.56 Å². The van der Waals surface area contributed by atoms with Crippen LogP contribution in [0.3, 0.4) is 0 Å². The van der Waals surface area contributed by atoms with Crippen LogP contribution in [0.25, 0.3) is 0 Å². The second-order valence-electron chi connectivity index (χ2n) is 8.88. The summed E-state index contributed by atoms with van der Waals surface area (Å²) >= 11 is 1.29. The molecule has 2 saturated heterocycles. The Hall–Kier alpha value is -3.18. The highest BCUT2D eigenvalue weighted by atomic mass is 32.2. The smallest absolute Gasteiger partial charge is 0.276 e. The van der Waals surface area contributed by atoms with E-state index in [1.807, 2.05) is 30.3 Å². The van der Waals surface area contributed by atoms with Gasteiger partial charge in [-0.2, -0.15) is 4.31 Å². The molecule has 34 heavy (non-hydrogen) atoms. The molecular weight excluding hydrogens is 478 g/mol. The van der Waals surface area contributed by atoms with E-state index in [0.29, 0.717) is 0 Å². The highest BCUT2D eigenvalue weighted by Gasteiger charge is 2.66. The number of hydrogen-bond acceptors (Lipinski definition) is 7. The third-order valence-corrected chi connectivity index (χ3v) is 9.53. The number of carbonyl (C=O) groups is 4. The van der Waals surface area contributed by atoms with E-state index in [1.165, 1.54) is 40.9 Å². The summed E-state index contributed by atoms with van der Waals surface area (Å²) in [7, 11) is -4.37. The van der Waals surface area contributed by atoms with Crippen LogP contribution in [0.4, 0.5) is 0 Å². The third kappa shape index (κ3) is 3.25. The number of fused-ring (bicyclic) bond motifs is 2. The summed E-state index contributed by atoms with van der Waals surface area (Å²) in [6, 6.07) is 12.7. The molecule has 2 aromatic carbocycles. The van der Waals surface area contributed by atoms with E-state index in [1.54, 1.807) is 13.8 Å². The number of rotatable bonds is 4. The van der Waals surface area contributed by atoms with E-state index in [-0.39, 0.29) is 27.1 Å². The van der Waals surface area contributed by atoms with E-state index in [9.17, 15) is 27.6 Å². The molecule has 3 aliphatic rings. The Kier molecular flexibility index (Phi) is 5.10. The van der Waals surface area contributed by atoms with Crippen molar-refractivity contribution in [1.29, 1.82) is 0 Å². The summed E-state index contributed by atoms with van der Waals surface area (Å²) in [5, 5.41) is 2.19. The van der Waals surface area contributed by atoms with Crippen LogP contribution >= 0.6 is 11.8 Å². The van der Waals surface area contributed by atoms with Crippen molar-refractivity contribution >= 4 is 45.4 Å². The molecule has 2 aromatic rings. The molecule has 0 aromatic heterocycles. The summed E-state index contributed by atoms with van der Waals surface area (Å²) in [6.45, 7) is 3.43. The first-order chi connectivity index (χ1) is 16.0. The minimum atomic E-state index is -4.37. The number of nitrogens with zero attached hydrogens (tertiary/aromatic N) is 2.